The van der Waals surface area contributed by atoms with Crippen LogP contribution in [0.5, 0.6) is 11.5 Å². The van der Waals surface area contributed by atoms with Gasteiger partial charge in [0, 0.05) is 6.61 Å². The predicted octanol–water partition coefficient (Wildman–Crippen LogP) is 2.91. The third-order valence-electron chi connectivity index (χ3n) is 2.87. The Balaban J connectivity index is 2.56. The lowest BCUT2D eigenvalue weighted by Crippen LogP contribution is -1.99. The van der Waals surface area contributed by atoms with Crippen LogP contribution in [0, 0.1) is 5.92 Å². The van der Waals surface area contributed by atoms with Gasteiger partial charge < -0.3 is 14.9 Å². The Bertz CT molecular complexity index is 385. The molecule has 0 amide bonds. The van der Waals surface area contributed by atoms with Crippen LogP contribution in [0.1, 0.15) is 25.3 Å². The molecule has 0 aromatic heterocycles. The summed E-state index contributed by atoms with van der Waals surface area (Å²) in [4.78, 5) is 0. The number of hydrogen-bond donors (Lipinski definition) is 2. The second-order valence-corrected chi connectivity index (χ2v) is 4.50. The van der Waals surface area contributed by atoms with Crippen molar-refractivity contribution in [2.24, 2.45) is 5.92 Å². The molecule has 1 rings (SSSR count). The summed E-state index contributed by atoms with van der Waals surface area (Å²) in [6.45, 7) is 2.34. The van der Waals surface area contributed by atoms with Gasteiger partial charge in [-0.05, 0) is 36.8 Å². The molecule has 0 saturated heterocycles. The number of ether oxygens (including phenoxy) is 1. The van der Waals surface area contributed by atoms with Gasteiger partial charge in [-0.3, -0.25) is 0 Å². The molecule has 100 valence electrons. The zero-order valence-electron chi connectivity index (χ0n) is 11.1. The molecule has 1 atom stereocenters. The number of phenols is 1. The number of benzene rings is 1. The van der Waals surface area contributed by atoms with Crippen LogP contribution in [0.4, 0.5) is 0 Å². The monoisotopic (exact) mass is 250 g/mol. The highest BCUT2D eigenvalue weighted by Crippen LogP contribution is 2.31. The van der Waals surface area contributed by atoms with E-state index in [1.54, 1.807) is 13.2 Å². The molecule has 0 saturated carbocycles. The van der Waals surface area contributed by atoms with E-state index in [2.05, 4.69) is 13.0 Å². The largest absolute Gasteiger partial charge is 0.504 e. The van der Waals surface area contributed by atoms with E-state index in [0.717, 1.165) is 18.4 Å². The van der Waals surface area contributed by atoms with Crippen LogP contribution < -0.4 is 4.74 Å². The van der Waals surface area contributed by atoms with E-state index in [0.29, 0.717) is 18.1 Å². The van der Waals surface area contributed by atoms with Crippen LogP contribution in [0.15, 0.2) is 30.4 Å². The molecular formula is C15H22O3. The first-order valence-electron chi connectivity index (χ1n) is 6.29. The lowest BCUT2D eigenvalue weighted by atomic mass is 9.97. The maximum absolute atomic E-state index is 9.97. The van der Waals surface area contributed by atoms with Gasteiger partial charge in [-0.25, -0.2) is 0 Å². The summed E-state index contributed by atoms with van der Waals surface area (Å²) in [5, 5.41) is 18.6. The van der Waals surface area contributed by atoms with Crippen molar-refractivity contribution in [2.75, 3.05) is 13.7 Å². The molecule has 0 aliphatic heterocycles. The van der Waals surface area contributed by atoms with Crippen molar-refractivity contribution in [1.82, 2.24) is 0 Å². The molecule has 0 fully saturated rings. The molecule has 2 N–H and O–H groups in total. The summed E-state index contributed by atoms with van der Waals surface area (Å²) in [5.41, 5.74) is 0.914. The Labute approximate surface area is 109 Å². The molecule has 0 aliphatic carbocycles. The highest BCUT2D eigenvalue weighted by Gasteiger charge is 2.10. The predicted molar refractivity (Wildman–Crippen MR) is 73.0 cm³/mol. The van der Waals surface area contributed by atoms with E-state index in [4.69, 9.17) is 9.84 Å². The fourth-order valence-electron chi connectivity index (χ4n) is 1.88. The van der Waals surface area contributed by atoms with E-state index in [1.165, 1.54) is 0 Å². The van der Waals surface area contributed by atoms with Gasteiger partial charge in [0.15, 0.2) is 11.5 Å². The minimum atomic E-state index is 0.196. The number of aliphatic hydroxyl groups is 1. The Kier molecular flexibility index (Phi) is 6.29. The zero-order chi connectivity index (χ0) is 13.4. The first kappa shape index (κ1) is 14.6. The quantitative estimate of drug-likeness (QED) is 0.731. The fourth-order valence-corrected chi connectivity index (χ4v) is 1.88. The standard InChI is InChI=1S/C15H22O3/c1-12(7-4-3-5-10-16)11-13-8-6-9-14(18-2)15(13)17/h3-4,6,8-9,12,16-17H,5,7,10-11H2,1-2H3/b4-3-. The van der Waals surface area contributed by atoms with Gasteiger partial charge in [0.2, 0.25) is 0 Å². The van der Waals surface area contributed by atoms with Gasteiger partial charge in [0.1, 0.15) is 0 Å². The zero-order valence-corrected chi connectivity index (χ0v) is 11.1. The number of hydrogen-bond acceptors (Lipinski definition) is 3. The minimum Gasteiger partial charge on any atom is -0.504 e. The SMILES string of the molecule is COc1cccc(CC(C)C/C=C\CCO)c1O. The second-order valence-electron chi connectivity index (χ2n) is 4.50. The van der Waals surface area contributed by atoms with Gasteiger partial charge in [-0.15, -0.1) is 0 Å². The van der Waals surface area contributed by atoms with Crippen molar-refractivity contribution < 1.29 is 14.9 Å². The number of para-hydroxylation sites is 1. The molecule has 0 spiro atoms. The Morgan fingerprint density at radius 2 is 2.11 bits per heavy atom. The van der Waals surface area contributed by atoms with Crippen molar-refractivity contribution >= 4 is 0 Å². The third-order valence-corrected chi connectivity index (χ3v) is 2.87. The highest BCUT2D eigenvalue weighted by atomic mass is 16.5. The Morgan fingerprint density at radius 3 is 2.78 bits per heavy atom. The summed E-state index contributed by atoms with van der Waals surface area (Å²) in [6.07, 6.45) is 6.53. The molecule has 18 heavy (non-hydrogen) atoms. The smallest absolute Gasteiger partial charge is 0.160 e. The third kappa shape index (κ3) is 4.41. The Hall–Kier alpha value is -1.48. The van der Waals surface area contributed by atoms with Gasteiger partial charge in [-0.1, -0.05) is 31.2 Å². The van der Waals surface area contributed by atoms with Crippen LogP contribution in [0.2, 0.25) is 0 Å². The summed E-state index contributed by atoms with van der Waals surface area (Å²) in [5.74, 6) is 1.21. The molecule has 1 unspecified atom stereocenters. The average molecular weight is 250 g/mol. The Morgan fingerprint density at radius 1 is 1.33 bits per heavy atom. The highest BCUT2D eigenvalue weighted by molar-refractivity contribution is 5.45. The van der Waals surface area contributed by atoms with E-state index < -0.39 is 0 Å². The lowest BCUT2D eigenvalue weighted by molar-refractivity contribution is 0.302. The summed E-state index contributed by atoms with van der Waals surface area (Å²) in [6, 6.07) is 5.57. The number of rotatable bonds is 7. The summed E-state index contributed by atoms with van der Waals surface area (Å²) in [7, 11) is 1.56. The van der Waals surface area contributed by atoms with E-state index in [1.807, 2.05) is 18.2 Å². The molecule has 1 aromatic rings. The van der Waals surface area contributed by atoms with Crippen molar-refractivity contribution in [3.63, 3.8) is 0 Å². The van der Waals surface area contributed by atoms with Crippen LogP contribution in [-0.4, -0.2) is 23.9 Å². The normalized spacial score (nSPS) is 12.8. The van der Waals surface area contributed by atoms with Gasteiger partial charge in [0.05, 0.1) is 7.11 Å². The number of phenolic OH excluding ortho intramolecular Hbond substituents is 1. The molecular weight excluding hydrogens is 228 g/mol. The second kappa shape index (κ2) is 7.77. The molecule has 3 heteroatoms. The fraction of sp³-hybridized carbons (Fsp3) is 0.467. The molecule has 0 bridgehead atoms. The number of allylic oxidation sites excluding steroid dienone is 1. The van der Waals surface area contributed by atoms with Gasteiger partial charge in [-0.2, -0.15) is 0 Å². The van der Waals surface area contributed by atoms with E-state index in [-0.39, 0.29) is 12.4 Å². The van der Waals surface area contributed by atoms with E-state index >= 15 is 0 Å². The minimum absolute atomic E-state index is 0.196. The lowest BCUT2D eigenvalue weighted by Gasteiger charge is -2.12. The van der Waals surface area contributed by atoms with Crippen LogP contribution >= 0.6 is 0 Å². The molecule has 3 nitrogen and oxygen atoms in total. The van der Waals surface area contributed by atoms with Gasteiger partial charge in [0.25, 0.3) is 0 Å². The van der Waals surface area contributed by atoms with Crippen LogP contribution in [0.25, 0.3) is 0 Å². The van der Waals surface area contributed by atoms with E-state index in [9.17, 15) is 5.11 Å². The topological polar surface area (TPSA) is 49.7 Å². The number of aromatic hydroxyl groups is 1. The van der Waals surface area contributed by atoms with Gasteiger partial charge >= 0.3 is 0 Å². The van der Waals surface area contributed by atoms with Crippen molar-refractivity contribution in [2.45, 2.75) is 26.2 Å². The first-order valence-corrected chi connectivity index (χ1v) is 6.29. The van der Waals surface area contributed by atoms with Crippen LogP contribution in [0.3, 0.4) is 0 Å². The first-order chi connectivity index (χ1) is 8.69. The van der Waals surface area contributed by atoms with Crippen molar-refractivity contribution in [3.05, 3.63) is 35.9 Å². The van der Waals surface area contributed by atoms with Crippen molar-refractivity contribution in [1.29, 1.82) is 0 Å². The summed E-state index contributed by atoms with van der Waals surface area (Å²) < 4.78 is 5.09. The molecule has 0 heterocycles. The molecule has 0 aliphatic rings. The van der Waals surface area contributed by atoms with Crippen LogP contribution in [-0.2, 0) is 6.42 Å². The number of methoxy groups -OCH3 is 1. The maximum atomic E-state index is 9.97. The summed E-state index contributed by atoms with van der Waals surface area (Å²) >= 11 is 0. The van der Waals surface area contributed by atoms with Crippen molar-refractivity contribution in [3.8, 4) is 11.5 Å². The molecule has 1 aromatic carbocycles. The number of aliphatic hydroxyl groups excluding tert-OH is 1. The maximum Gasteiger partial charge on any atom is 0.160 e. The molecule has 0 radical (unpaired) electrons. The average Bonchev–Trinajstić information content (AvgIpc) is 2.37.